The second-order valence-corrected chi connectivity index (χ2v) is 10.2. The third-order valence-corrected chi connectivity index (χ3v) is 7.85. The minimum absolute atomic E-state index is 0.330. The summed E-state index contributed by atoms with van der Waals surface area (Å²) in [6, 6.07) is 19.4. The SMILES string of the molecule is Nc1ncnc2c1c(-c1ccc(Oc3ccccc3)cc1)cn2C1CCC(N2CCC[C@@H](N)C2)CC1. The van der Waals surface area contributed by atoms with E-state index in [0.717, 1.165) is 59.5 Å². The zero-order chi connectivity index (χ0) is 24.5. The topological polar surface area (TPSA) is 95.2 Å². The molecule has 1 aliphatic heterocycles. The van der Waals surface area contributed by atoms with Crippen molar-refractivity contribution >= 4 is 16.9 Å². The lowest BCUT2D eigenvalue weighted by atomic mass is 9.88. The van der Waals surface area contributed by atoms with E-state index in [1.165, 1.54) is 25.8 Å². The third-order valence-electron chi connectivity index (χ3n) is 7.85. The number of benzene rings is 2. The molecule has 0 bridgehead atoms. The number of nitrogen functional groups attached to an aromatic ring is 1. The number of fused-ring (bicyclic) bond motifs is 1. The summed E-state index contributed by atoms with van der Waals surface area (Å²) >= 11 is 0. The van der Waals surface area contributed by atoms with Gasteiger partial charge >= 0.3 is 0 Å². The molecule has 2 aliphatic rings. The van der Waals surface area contributed by atoms with E-state index in [1.54, 1.807) is 6.33 Å². The molecule has 1 atom stereocenters. The fourth-order valence-corrected chi connectivity index (χ4v) is 6.01. The minimum Gasteiger partial charge on any atom is -0.457 e. The van der Waals surface area contributed by atoms with Crippen LogP contribution in [0.3, 0.4) is 0 Å². The summed E-state index contributed by atoms with van der Waals surface area (Å²) in [5.74, 6) is 2.14. The molecule has 2 aromatic carbocycles. The molecule has 1 saturated heterocycles. The summed E-state index contributed by atoms with van der Waals surface area (Å²) in [7, 11) is 0. The maximum atomic E-state index is 6.39. The molecule has 186 valence electrons. The zero-order valence-corrected chi connectivity index (χ0v) is 20.6. The van der Waals surface area contributed by atoms with Gasteiger partial charge < -0.3 is 20.8 Å². The molecule has 4 aromatic rings. The first-order chi connectivity index (χ1) is 17.7. The number of anilines is 1. The maximum absolute atomic E-state index is 6.39. The van der Waals surface area contributed by atoms with Gasteiger partial charge in [0.15, 0.2) is 0 Å². The van der Waals surface area contributed by atoms with Gasteiger partial charge in [0.05, 0.1) is 5.39 Å². The lowest BCUT2D eigenvalue weighted by molar-refractivity contribution is 0.107. The Hall–Kier alpha value is -3.42. The van der Waals surface area contributed by atoms with Gasteiger partial charge in [0.2, 0.25) is 0 Å². The minimum atomic E-state index is 0.330. The first-order valence-electron chi connectivity index (χ1n) is 13.1. The van der Waals surface area contributed by atoms with Crippen LogP contribution in [0.15, 0.2) is 67.1 Å². The number of hydrogen-bond donors (Lipinski definition) is 2. The van der Waals surface area contributed by atoms with Gasteiger partial charge in [0.25, 0.3) is 0 Å². The van der Waals surface area contributed by atoms with Crippen LogP contribution in [0.2, 0.25) is 0 Å². The molecule has 6 rings (SSSR count). The van der Waals surface area contributed by atoms with Crippen LogP contribution in [-0.4, -0.2) is 44.6 Å². The van der Waals surface area contributed by atoms with Crippen molar-refractivity contribution in [2.45, 2.75) is 56.7 Å². The third kappa shape index (κ3) is 4.56. The fourth-order valence-electron chi connectivity index (χ4n) is 6.01. The van der Waals surface area contributed by atoms with Gasteiger partial charge in [0, 0.05) is 36.4 Å². The average Bonchev–Trinajstić information content (AvgIpc) is 3.31. The molecule has 7 heteroatoms. The van der Waals surface area contributed by atoms with Gasteiger partial charge in [-0.05, 0) is 74.9 Å². The van der Waals surface area contributed by atoms with E-state index in [-0.39, 0.29) is 0 Å². The standard InChI is InChI=1S/C29H34N6O/c30-21-5-4-16-34(17-21)22-10-12-23(13-11-22)35-18-26(27-28(31)32-19-33-29(27)35)20-8-14-25(15-9-20)36-24-6-2-1-3-7-24/h1-3,6-9,14-15,18-19,21-23H,4-5,10-13,16-17,30H2,(H2,31,32,33)/t21-,22?,23?/m1/s1. The second-order valence-electron chi connectivity index (χ2n) is 10.2. The zero-order valence-electron chi connectivity index (χ0n) is 20.6. The highest BCUT2D eigenvalue weighted by Gasteiger charge is 2.30. The van der Waals surface area contributed by atoms with Crippen LogP contribution in [0.5, 0.6) is 11.5 Å². The molecule has 0 radical (unpaired) electrons. The maximum Gasteiger partial charge on any atom is 0.146 e. The molecule has 7 nitrogen and oxygen atoms in total. The van der Waals surface area contributed by atoms with E-state index in [1.807, 2.05) is 42.5 Å². The molecule has 1 aliphatic carbocycles. The van der Waals surface area contributed by atoms with E-state index in [2.05, 4.69) is 37.8 Å². The number of nitrogens with zero attached hydrogens (tertiary/aromatic N) is 4. The highest BCUT2D eigenvalue weighted by atomic mass is 16.5. The lowest BCUT2D eigenvalue weighted by Crippen LogP contribution is -2.48. The summed E-state index contributed by atoms with van der Waals surface area (Å²) in [6.45, 7) is 2.23. The number of aromatic nitrogens is 3. The van der Waals surface area contributed by atoms with Crippen molar-refractivity contribution in [2.24, 2.45) is 5.73 Å². The lowest BCUT2D eigenvalue weighted by Gasteiger charge is -2.41. The molecule has 0 spiro atoms. The van der Waals surface area contributed by atoms with E-state index < -0.39 is 0 Å². The Bertz CT molecular complexity index is 1310. The Morgan fingerprint density at radius 3 is 2.31 bits per heavy atom. The fraction of sp³-hybridized carbons (Fsp3) is 0.379. The molecule has 2 fully saturated rings. The van der Waals surface area contributed by atoms with E-state index in [4.69, 9.17) is 16.2 Å². The number of rotatable bonds is 5. The van der Waals surface area contributed by atoms with Crippen molar-refractivity contribution in [1.82, 2.24) is 19.4 Å². The van der Waals surface area contributed by atoms with Crippen molar-refractivity contribution in [3.05, 3.63) is 67.1 Å². The van der Waals surface area contributed by atoms with Crippen LogP contribution in [0, 0.1) is 0 Å². The molecule has 36 heavy (non-hydrogen) atoms. The predicted octanol–water partition coefficient (Wildman–Crippen LogP) is 5.38. The highest BCUT2D eigenvalue weighted by molar-refractivity contribution is 6.00. The van der Waals surface area contributed by atoms with Crippen LogP contribution >= 0.6 is 0 Å². The number of nitrogens with two attached hydrogens (primary N) is 2. The van der Waals surface area contributed by atoms with Crippen molar-refractivity contribution in [3.8, 4) is 22.6 Å². The Kier molecular flexibility index (Phi) is 6.34. The predicted molar refractivity (Wildman–Crippen MR) is 144 cm³/mol. The molecular formula is C29H34N6O. The molecule has 4 N–H and O–H groups in total. The van der Waals surface area contributed by atoms with Gasteiger partial charge in [0.1, 0.15) is 29.3 Å². The van der Waals surface area contributed by atoms with Crippen LogP contribution < -0.4 is 16.2 Å². The number of para-hydroxylation sites is 1. The number of hydrogen-bond acceptors (Lipinski definition) is 6. The van der Waals surface area contributed by atoms with Crippen molar-refractivity contribution in [3.63, 3.8) is 0 Å². The summed E-state index contributed by atoms with van der Waals surface area (Å²) in [5.41, 5.74) is 15.7. The molecule has 3 heterocycles. The first-order valence-corrected chi connectivity index (χ1v) is 13.1. The Labute approximate surface area is 212 Å². The number of ether oxygens (including phenoxy) is 1. The summed E-state index contributed by atoms with van der Waals surface area (Å²) in [5, 5.41) is 0.929. The van der Waals surface area contributed by atoms with Gasteiger partial charge in [-0.25, -0.2) is 9.97 Å². The van der Waals surface area contributed by atoms with Gasteiger partial charge in [-0.3, -0.25) is 4.90 Å². The van der Waals surface area contributed by atoms with Crippen molar-refractivity contribution < 1.29 is 4.74 Å². The van der Waals surface area contributed by atoms with Crippen LogP contribution in [0.1, 0.15) is 44.6 Å². The highest BCUT2D eigenvalue weighted by Crippen LogP contribution is 2.39. The monoisotopic (exact) mass is 482 g/mol. The molecular weight excluding hydrogens is 448 g/mol. The van der Waals surface area contributed by atoms with Crippen LogP contribution in [0.25, 0.3) is 22.2 Å². The molecule has 0 unspecified atom stereocenters. The smallest absolute Gasteiger partial charge is 0.146 e. The Morgan fingerprint density at radius 1 is 0.833 bits per heavy atom. The molecule has 1 saturated carbocycles. The Balaban J connectivity index is 1.25. The van der Waals surface area contributed by atoms with Gasteiger partial charge in [-0.15, -0.1) is 0 Å². The quantitative estimate of drug-likeness (QED) is 0.397. The first kappa shape index (κ1) is 23.0. The molecule has 2 aromatic heterocycles. The van der Waals surface area contributed by atoms with Gasteiger partial charge in [-0.2, -0.15) is 0 Å². The molecule has 0 amide bonds. The van der Waals surface area contributed by atoms with Crippen LogP contribution in [0.4, 0.5) is 5.82 Å². The number of piperidine rings is 1. The summed E-state index contributed by atoms with van der Waals surface area (Å²) in [6.07, 6.45) is 10.8. The summed E-state index contributed by atoms with van der Waals surface area (Å²) in [4.78, 5) is 11.6. The number of likely N-dealkylation sites (tertiary alicyclic amines) is 1. The van der Waals surface area contributed by atoms with E-state index in [9.17, 15) is 0 Å². The van der Waals surface area contributed by atoms with Crippen molar-refractivity contribution in [2.75, 3.05) is 18.8 Å². The second kappa shape index (κ2) is 9.91. The van der Waals surface area contributed by atoms with Crippen molar-refractivity contribution in [1.29, 1.82) is 0 Å². The van der Waals surface area contributed by atoms with Gasteiger partial charge in [-0.1, -0.05) is 30.3 Å². The average molecular weight is 483 g/mol. The van der Waals surface area contributed by atoms with E-state index in [0.29, 0.717) is 23.9 Å². The summed E-state index contributed by atoms with van der Waals surface area (Å²) < 4.78 is 8.32. The Morgan fingerprint density at radius 2 is 1.56 bits per heavy atom. The largest absolute Gasteiger partial charge is 0.457 e. The van der Waals surface area contributed by atoms with Crippen LogP contribution in [-0.2, 0) is 0 Å². The normalized spacial score (nSPS) is 23.1. The van der Waals surface area contributed by atoms with E-state index >= 15 is 0 Å².